The molecule has 0 spiro atoms. The van der Waals surface area contributed by atoms with E-state index >= 15 is 0 Å². The average Bonchev–Trinajstić information content (AvgIpc) is 2.75. The van der Waals surface area contributed by atoms with Gasteiger partial charge in [-0.1, -0.05) is 55.1 Å². The van der Waals surface area contributed by atoms with Gasteiger partial charge >= 0.3 is 5.97 Å². The van der Waals surface area contributed by atoms with Crippen molar-refractivity contribution in [3.05, 3.63) is 36.0 Å². The van der Waals surface area contributed by atoms with E-state index in [1.165, 1.54) is 6.42 Å². The van der Waals surface area contributed by atoms with Crippen molar-refractivity contribution in [2.45, 2.75) is 85.0 Å². The maximum atomic E-state index is 13.3. The molecule has 0 saturated carbocycles. The van der Waals surface area contributed by atoms with Crippen molar-refractivity contribution in [3.8, 4) is 0 Å². The molecule has 0 bridgehead atoms. The minimum atomic E-state index is -1.31. The first kappa shape index (κ1) is 28.3. The zero-order chi connectivity index (χ0) is 22.8. The Labute approximate surface area is 182 Å². The minimum Gasteiger partial charge on any atom is -0.465 e. The number of carbonyl (C=O) groups excluding carboxylic acids is 2. The molecule has 0 rings (SSSR count). The maximum absolute atomic E-state index is 13.3. The largest absolute Gasteiger partial charge is 0.465 e. The van der Waals surface area contributed by atoms with Gasteiger partial charge in [0.05, 0.1) is 19.8 Å². The number of ketones is 1. The number of aliphatic hydroxyl groups is 2. The molecule has 0 aromatic rings. The van der Waals surface area contributed by atoms with Gasteiger partial charge in [0, 0.05) is 6.42 Å². The molecule has 0 atom stereocenters. The molecular weight excluding hydrogens is 380 g/mol. The van der Waals surface area contributed by atoms with Crippen LogP contribution in [0, 0.1) is 5.41 Å². The highest BCUT2D eigenvalue weighted by atomic mass is 16.5. The number of hydrogen-bond acceptors (Lipinski definition) is 5. The summed E-state index contributed by atoms with van der Waals surface area (Å²) in [5.74, 6) is -0.653. The number of esters is 1. The highest BCUT2D eigenvalue weighted by molar-refractivity contribution is 6.04. The fourth-order valence-corrected chi connectivity index (χ4v) is 3.21. The van der Waals surface area contributed by atoms with E-state index in [1.54, 1.807) is 32.9 Å². The molecule has 0 unspecified atom stereocenters. The highest BCUT2D eigenvalue weighted by Crippen LogP contribution is 2.34. The number of rotatable bonds is 18. The molecule has 5 nitrogen and oxygen atoms in total. The quantitative estimate of drug-likeness (QED) is 0.139. The molecule has 172 valence electrons. The van der Waals surface area contributed by atoms with Gasteiger partial charge in [-0.2, -0.15) is 0 Å². The second-order valence-corrected chi connectivity index (χ2v) is 8.00. The van der Waals surface area contributed by atoms with Crippen LogP contribution >= 0.6 is 0 Å². The van der Waals surface area contributed by atoms with Crippen molar-refractivity contribution in [1.82, 2.24) is 0 Å². The molecule has 0 saturated heterocycles. The third-order valence-corrected chi connectivity index (χ3v) is 5.36. The lowest BCUT2D eigenvalue weighted by Gasteiger charge is -2.29. The van der Waals surface area contributed by atoms with Gasteiger partial charge in [0.15, 0.2) is 5.78 Å². The van der Waals surface area contributed by atoms with Crippen LogP contribution < -0.4 is 0 Å². The van der Waals surface area contributed by atoms with Gasteiger partial charge in [0.1, 0.15) is 5.41 Å². The van der Waals surface area contributed by atoms with Gasteiger partial charge in [0.25, 0.3) is 0 Å². The molecule has 0 heterocycles. The van der Waals surface area contributed by atoms with E-state index in [0.29, 0.717) is 17.6 Å². The first-order valence-corrected chi connectivity index (χ1v) is 11.2. The Morgan fingerprint density at radius 3 is 1.87 bits per heavy atom. The van der Waals surface area contributed by atoms with Crippen LogP contribution in [0.5, 0.6) is 0 Å². The predicted molar refractivity (Wildman–Crippen MR) is 122 cm³/mol. The van der Waals surface area contributed by atoms with Crippen molar-refractivity contribution < 1.29 is 24.5 Å². The summed E-state index contributed by atoms with van der Waals surface area (Å²) in [4.78, 5) is 26.2. The number of carbonyl (C=O) groups is 2. The van der Waals surface area contributed by atoms with Crippen LogP contribution in [-0.2, 0) is 14.3 Å². The lowest BCUT2D eigenvalue weighted by Crippen LogP contribution is -2.40. The Kier molecular flexibility index (Phi) is 16.0. The minimum absolute atomic E-state index is 0.121. The molecule has 0 aliphatic rings. The Morgan fingerprint density at radius 2 is 1.40 bits per heavy atom. The van der Waals surface area contributed by atoms with Gasteiger partial charge in [-0.05, 0) is 52.9 Å². The number of Topliss-reactive ketones (excluding diaryl/α,β-unsaturated/α-hetero) is 1. The van der Waals surface area contributed by atoms with E-state index in [0.717, 1.165) is 38.5 Å². The summed E-state index contributed by atoms with van der Waals surface area (Å²) in [5, 5.41) is 18.7. The molecule has 0 radical (unpaired) electrons. The van der Waals surface area contributed by atoms with Gasteiger partial charge in [-0.3, -0.25) is 9.59 Å². The summed E-state index contributed by atoms with van der Waals surface area (Å²) in [6.07, 6.45) is 13.4. The Balaban J connectivity index is 5.26. The Bertz CT molecular complexity index is 552. The van der Waals surface area contributed by atoms with Crippen molar-refractivity contribution in [3.63, 3.8) is 0 Å². The van der Waals surface area contributed by atoms with Crippen LogP contribution in [0.4, 0.5) is 0 Å². The lowest BCUT2D eigenvalue weighted by atomic mass is 9.74. The summed E-state index contributed by atoms with van der Waals surface area (Å²) in [6.45, 7) is 8.94. The fraction of sp³-hybridized carbons (Fsp3) is 0.680. The van der Waals surface area contributed by atoms with Gasteiger partial charge in [-0.25, -0.2) is 0 Å². The molecule has 2 N–H and O–H groups in total. The number of unbranched alkanes of at least 4 members (excludes halogenated alkanes) is 6. The first-order valence-electron chi connectivity index (χ1n) is 11.2. The van der Waals surface area contributed by atoms with Crippen molar-refractivity contribution in [1.29, 1.82) is 0 Å². The van der Waals surface area contributed by atoms with Crippen LogP contribution in [0.1, 0.15) is 85.0 Å². The Morgan fingerprint density at radius 1 is 0.900 bits per heavy atom. The number of ether oxygens (including phenoxy) is 1. The molecule has 0 aliphatic heterocycles. The van der Waals surface area contributed by atoms with E-state index in [4.69, 9.17) is 4.74 Å². The molecule has 0 aromatic carbocycles. The zero-order valence-corrected chi connectivity index (χ0v) is 19.3. The molecule has 0 aliphatic carbocycles. The average molecular weight is 423 g/mol. The maximum Gasteiger partial charge on any atom is 0.320 e. The van der Waals surface area contributed by atoms with Gasteiger partial charge in [-0.15, -0.1) is 6.58 Å². The summed E-state index contributed by atoms with van der Waals surface area (Å²) in [7, 11) is 0. The van der Waals surface area contributed by atoms with Crippen LogP contribution in [0.3, 0.4) is 0 Å². The van der Waals surface area contributed by atoms with E-state index in [-0.39, 0.29) is 38.4 Å². The third-order valence-electron chi connectivity index (χ3n) is 5.36. The summed E-state index contributed by atoms with van der Waals surface area (Å²) < 4.78 is 5.29. The standard InChI is InChI=1S/C25H42O5/c1-5-7-8-9-10-11-12-13-14-23(28)25(24(29)30-6-2,17-15-21(3)19-26)18-16-22(4)20-27/h5,15-16,26-27H,1,6-14,17-20H2,2-4H3/b21-15+,22-16+. The molecule has 0 fully saturated rings. The second-order valence-electron chi connectivity index (χ2n) is 8.00. The smallest absolute Gasteiger partial charge is 0.320 e. The third kappa shape index (κ3) is 10.9. The van der Waals surface area contributed by atoms with Crippen LogP contribution in [0.25, 0.3) is 0 Å². The zero-order valence-electron chi connectivity index (χ0n) is 19.3. The van der Waals surface area contributed by atoms with E-state index in [9.17, 15) is 19.8 Å². The molecular formula is C25H42O5. The summed E-state index contributed by atoms with van der Waals surface area (Å²) >= 11 is 0. The molecule has 30 heavy (non-hydrogen) atoms. The molecule has 5 heteroatoms. The van der Waals surface area contributed by atoms with Gasteiger partial charge < -0.3 is 14.9 Å². The summed E-state index contributed by atoms with van der Waals surface area (Å²) in [6, 6.07) is 0. The van der Waals surface area contributed by atoms with Crippen LogP contribution in [0.2, 0.25) is 0 Å². The lowest BCUT2D eigenvalue weighted by molar-refractivity contribution is -0.160. The van der Waals surface area contributed by atoms with Crippen molar-refractivity contribution >= 4 is 11.8 Å². The monoisotopic (exact) mass is 422 g/mol. The second kappa shape index (κ2) is 17.0. The molecule has 0 aromatic heterocycles. The van der Waals surface area contributed by atoms with Crippen LogP contribution in [-0.4, -0.2) is 41.8 Å². The SMILES string of the molecule is C=CCCCCCCCCC(=O)C(C/C=C(\C)CO)(C/C=C(\C)CO)C(=O)OCC. The van der Waals surface area contributed by atoms with Crippen molar-refractivity contribution in [2.75, 3.05) is 19.8 Å². The first-order chi connectivity index (χ1) is 14.4. The van der Waals surface area contributed by atoms with E-state index < -0.39 is 11.4 Å². The highest BCUT2D eigenvalue weighted by Gasteiger charge is 2.44. The van der Waals surface area contributed by atoms with Crippen molar-refractivity contribution in [2.24, 2.45) is 5.41 Å². The van der Waals surface area contributed by atoms with E-state index in [2.05, 4.69) is 6.58 Å². The van der Waals surface area contributed by atoms with Crippen LogP contribution in [0.15, 0.2) is 36.0 Å². The topological polar surface area (TPSA) is 83.8 Å². The van der Waals surface area contributed by atoms with Gasteiger partial charge in [0.2, 0.25) is 0 Å². The number of hydrogen-bond donors (Lipinski definition) is 2. The molecule has 0 amide bonds. The fourth-order valence-electron chi connectivity index (χ4n) is 3.21. The number of aliphatic hydroxyl groups excluding tert-OH is 2. The van der Waals surface area contributed by atoms with E-state index in [1.807, 2.05) is 6.08 Å². The normalized spacial score (nSPS) is 12.7. The summed E-state index contributed by atoms with van der Waals surface area (Å²) in [5.41, 5.74) is 0.102. The predicted octanol–water partition coefficient (Wildman–Crippen LogP) is 5.07. The number of allylic oxidation sites excluding steroid dienone is 3. The Hall–Kier alpha value is -1.72.